The van der Waals surface area contributed by atoms with Crippen LogP contribution in [0.1, 0.15) is 16.7 Å². The number of fused-ring (bicyclic) bond motifs is 1. The maximum Gasteiger partial charge on any atom is 0.416 e. The summed E-state index contributed by atoms with van der Waals surface area (Å²) in [4.78, 5) is 30.1. The van der Waals surface area contributed by atoms with Crippen LogP contribution in [0, 0.1) is 13.8 Å². The van der Waals surface area contributed by atoms with E-state index < -0.39 is 17.6 Å². The Kier molecular flexibility index (Phi) is 5.33. The minimum absolute atomic E-state index is 0.00863. The molecule has 2 aromatic carbocycles. The average Bonchev–Trinajstić information content (AvgIpc) is 3.01. The minimum Gasteiger partial charge on any atom is -0.324 e. The van der Waals surface area contributed by atoms with Crippen LogP contribution in [0.25, 0.3) is 16.7 Å². The molecule has 164 valence electrons. The van der Waals surface area contributed by atoms with E-state index in [1.54, 1.807) is 18.2 Å². The van der Waals surface area contributed by atoms with Crippen molar-refractivity contribution < 1.29 is 18.0 Å². The molecule has 0 bridgehead atoms. The van der Waals surface area contributed by atoms with E-state index in [9.17, 15) is 22.8 Å². The third-order valence-corrected chi connectivity index (χ3v) is 5.20. The Balaban J connectivity index is 1.74. The zero-order valence-corrected chi connectivity index (χ0v) is 17.3. The van der Waals surface area contributed by atoms with Crippen LogP contribution in [0.15, 0.2) is 65.6 Å². The molecule has 2 aromatic heterocycles. The molecule has 0 atom stereocenters. The van der Waals surface area contributed by atoms with E-state index in [-0.39, 0.29) is 17.8 Å². The third kappa shape index (κ3) is 4.01. The number of pyridine rings is 1. The molecule has 0 spiro atoms. The second-order valence-electron chi connectivity index (χ2n) is 7.44. The molecule has 4 aromatic rings. The van der Waals surface area contributed by atoms with Crippen molar-refractivity contribution >= 4 is 22.6 Å². The lowest BCUT2D eigenvalue weighted by atomic mass is 10.1. The monoisotopic (exact) mass is 440 g/mol. The lowest BCUT2D eigenvalue weighted by Crippen LogP contribution is -2.27. The summed E-state index contributed by atoms with van der Waals surface area (Å²) in [6.45, 7) is 3.54. The second-order valence-corrected chi connectivity index (χ2v) is 7.44. The maximum atomic E-state index is 13.1. The SMILES string of the molecule is Cc1ccc(-n2c(=O)c3cccnc3n2CC(=O)Nc2cccc(C(F)(F)F)c2)cc1C. The van der Waals surface area contributed by atoms with E-state index in [1.165, 1.54) is 27.7 Å². The van der Waals surface area contributed by atoms with Crippen LogP contribution in [-0.2, 0) is 17.5 Å². The molecule has 0 saturated heterocycles. The number of nitrogens with one attached hydrogen (secondary N) is 1. The molecule has 4 rings (SSSR count). The molecule has 1 amide bonds. The Hall–Kier alpha value is -3.88. The number of carbonyl (C=O) groups excluding carboxylic acids is 1. The summed E-state index contributed by atoms with van der Waals surface area (Å²) in [7, 11) is 0. The first-order valence-corrected chi connectivity index (χ1v) is 9.76. The molecular weight excluding hydrogens is 421 g/mol. The van der Waals surface area contributed by atoms with Crippen molar-refractivity contribution in [2.45, 2.75) is 26.6 Å². The first-order chi connectivity index (χ1) is 15.1. The fraction of sp³-hybridized carbons (Fsp3) is 0.174. The van der Waals surface area contributed by atoms with E-state index in [0.717, 1.165) is 23.3 Å². The summed E-state index contributed by atoms with van der Waals surface area (Å²) in [5.41, 5.74) is 1.67. The van der Waals surface area contributed by atoms with Crippen molar-refractivity contribution in [3.63, 3.8) is 0 Å². The molecule has 0 saturated carbocycles. The quantitative estimate of drug-likeness (QED) is 0.509. The molecule has 0 unspecified atom stereocenters. The number of aryl methyl sites for hydroxylation is 2. The van der Waals surface area contributed by atoms with Crippen molar-refractivity contribution in [3.8, 4) is 5.69 Å². The van der Waals surface area contributed by atoms with Gasteiger partial charge in [0.05, 0.1) is 16.6 Å². The molecule has 0 fully saturated rings. The number of benzene rings is 2. The summed E-state index contributed by atoms with van der Waals surface area (Å²) < 4.78 is 41.7. The molecule has 0 aliphatic heterocycles. The van der Waals surface area contributed by atoms with Crippen LogP contribution in [-0.4, -0.2) is 20.3 Å². The maximum absolute atomic E-state index is 13.1. The summed E-state index contributed by atoms with van der Waals surface area (Å²) in [5, 5.41) is 2.80. The Morgan fingerprint density at radius 3 is 2.53 bits per heavy atom. The Morgan fingerprint density at radius 1 is 1.03 bits per heavy atom. The lowest BCUT2D eigenvalue weighted by Gasteiger charge is -2.14. The molecule has 9 heteroatoms. The van der Waals surface area contributed by atoms with Crippen molar-refractivity contribution in [1.82, 2.24) is 14.3 Å². The highest BCUT2D eigenvalue weighted by Crippen LogP contribution is 2.30. The Morgan fingerprint density at radius 2 is 1.81 bits per heavy atom. The normalized spacial score (nSPS) is 11.7. The average molecular weight is 440 g/mol. The fourth-order valence-corrected chi connectivity index (χ4v) is 3.46. The van der Waals surface area contributed by atoms with Gasteiger partial charge in [0.1, 0.15) is 6.54 Å². The molecule has 1 N–H and O–H groups in total. The highest BCUT2D eigenvalue weighted by atomic mass is 19.4. The fourth-order valence-electron chi connectivity index (χ4n) is 3.46. The van der Waals surface area contributed by atoms with E-state index in [2.05, 4.69) is 10.3 Å². The van der Waals surface area contributed by atoms with Crippen LogP contribution < -0.4 is 10.9 Å². The van der Waals surface area contributed by atoms with Gasteiger partial charge in [0.15, 0.2) is 5.65 Å². The summed E-state index contributed by atoms with van der Waals surface area (Å²) in [5.74, 6) is -0.593. The van der Waals surface area contributed by atoms with Gasteiger partial charge in [0, 0.05) is 11.9 Å². The number of nitrogens with zero attached hydrogens (tertiary/aromatic N) is 3. The van der Waals surface area contributed by atoms with Crippen LogP contribution in [0.2, 0.25) is 0 Å². The van der Waals surface area contributed by atoms with E-state index in [4.69, 9.17) is 0 Å². The highest BCUT2D eigenvalue weighted by Gasteiger charge is 2.30. The van der Waals surface area contributed by atoms with Crippen molar-refractivity contribution in [2.24, 2.45) is 0 Å². The number of halogens is 3. The van der Waals surface area contributed by atoms with Gasteiger partial charge in [0.25, 0.3) is 5.56 Å². The predicted octanol–water partition coefficient (Wildman–Crippen LogP) is 4.46. The van der Waals surface area contributed by atoms with Gasteiger partial charge >= 0.3 is 6.18 Å². The topological polar surface area (TPSA) is 68.9 Å². The summed E-state index contributed by atoms with van der Waals surface area (Å²) >= 11 is 0. The van der Waals surface area contributed by atoms with Crippen LogP contribution in [0.5, 0.6) is 0 Å². The smallest absolute Gasteiger partial charge is 0.324 e. The number of amides is 1. The number of hydrogen-bond acceptors (Lipinski definition) is 3. The molecule has 0 radical (unpaired) electrons. The second kappa shape index (κ2) is 7.99. The molecular formula is C23H19F3N4O2. The van der Waals surface area contributed by atoms with Gasteiger partial charge in [0.2, 0.25) is 5.91 Å². The van der Waals surface area contributed by atoms with Crippen LogP contribution in [0.4, 0.5) is 18.9 Å². The highest BCUT2D eigenvalue weighted by molar-refractivity contribution is 5.91. The third-order valence-electron chi connectivity index (χ3n) is 5.20. The Bertz CT molecular complexity index is 1390. The van der Waals surface area contributed by atoms with Gasteiger partial charge in [-0.05, 0) is 67.4 Å². The van der Waals surface area contributed by atoms with Crippen LogP contribution >= 0.6 is 0 Å². The molecule has 6 nitrogen and oxygen atoms in total. The van der Waals surface area contributed by atoms with Gasteiger partial charge < -0.3 is 5.32 Å². The van der Waals surface area contributed by atoms with Gasteiger partial charge in [-0.2, -0.15) is 13.2 Å². The van der Waals surface area contributed by atoms with Gasteiger partial charge in [-0.3, -0.25) is 14.3 Å². The summed E-state index contributed by atoms with van der Waals surface area (Å²) in [6, 6.07) is 13.1. The first-order valence-electron chi connectivity index (χ1n) is 9.76. The first kappa shape index (κ1) is 21.4. The number of alkyl halides is 3. The molecule has 0 aliphatic carbocycles. The van der Waals surface area contributed by atoms with Crippen molar-refractivity contribution in [1.29, 1.82) is 0 Å². The lowest BCUT2D eigenvalue weighted by molar-refractivity contribution is -0.137. The van der Waals surface area contributed by atoms with E-state index >= 15 is 0 Å². The van der Waals surface area contributed by atoms with E-state index in [0.29, 0.717) is 16.7 Å². The van der Waals surface area contributed by atoms with Gasteiger partial charge in [-0.1, -0.05) is 12.1 Å². The zero-order chi connectivity index (χ0) is 23.0. The molecule has 32 heavy (non-hydrogen) atoms. The summed E-state index contributed by atoms with van der Waals surface area (Å²) in [6.07, 6.45) is -3.02. The molecule has 0 aliphatic rings. The van der Waals surface area contributed by atoms with Crippen molar-refractivity contribution in [2.75, 3.05) is 5.32 Å². The molecule has 2 heterocycles. The standard InChI is InChI=1S/C23H19F3N4O2/c1-14-8-9-18(11-15(14)2)30-22(32)19-7-4-10-27-21(19)29(30)13-20(31)28-17-6-3-5-16(12-17)23(24,25)26/h3-12H,13H2,1-2H3,(H,28,31). The van der Waals surface area contributed by atoms with E-state index in [1.807, 2.05) is 26.0 Å². The van der Waals surface area contributed by atoms with Crippen LogP contribution in [0.3, 0.4) is 0 Å². The van der Waals surface area contributed by atoms with Gasteiger partial charge in [-0.25, -0.2) is 9.67 Å². The minimum atomic E-state index is -4.52. The predicted molar refractivity (Wildman–Crippen MR) is 115 cm³/mol. The zero-order valence-electron chi connectivity index (χ0n) is 17.3. The van der Waals surface area contributed by atoms with Gasteiger partial charge in [-0.15, -0.1) is 0 Å². The number of rotatable bonds is 4. The number of anilines is 1. The largest absolute Gasteiger partial charge is 0.416 e. The van der Waals surface area contributed by atoms with Crippen molar-refractivity contribution in [3.05, 3.63) is 87.8 Å². The number of hydrogen-bond donors (Lipinski definition) is 1. The number of aromatic nitrogens is 3. The Labute approximate surface area is 180 Å². The number of carbonyl (C=O) groups is 1.